The topological polar surface area (TPSA) is 105 Å². The zero-order valence-corrected chi connectivity index (χ0v) is 24.0. The number of carbonyl (C=O) groups excluding carboxylic acids is 2. The lowest BCUT2D eigenvalue weighted by Gasteiger charge is -2.20. The van der Waals surface area contributed by atoms with Crippen molar-refractivity contribution in [2.75, 3.05) is 13.7 Å². The monoisotopic (exact) mass is 511 g/mol. The summed E-state index contributed by atoms with van der Waals surface area (Å²) in [5, 5.41) is 22.9. The van der Waals surface area contributed by atoms with Gasteiger partial charge in [0.05, 0.1) is 12.7 Å². The molecule has 1 aromatic carbocycles. The molecule has 3 N–H and O–H groups in total. The molecule has 1 aromatic rings. The van der Waals surface area contributed by atoms with Gasteiger partial charge in [0.15, 0.2) is 0 Å². The first-order valence-electron chi connectivity index (χ1n) is 13.5. The van der Waals surface area contributed by atoms with Gasteiger partial charge < -0.3 is 25.0 Å². The molecule has 2 unspecified atom stereocenters. The number of phenols is 1. The molecule has 2 atom stereocenters. The molecule has 0 aromatic heterocycles. The van der Waals surface area contributed by atoms with E-state index in [0.717, 1.165) is 37.7 Å². The van der Waals surface area contributed by atoms with Crippen LogP contribution in [-0.4, -0.2) is 48.5 Å². The molecule has 0 bridgehead atoms. The van der Waals surface area contributed by atoms with Crippen molar-refractivity contribution in [3.8, 4) is 5.75 Å². The number of phenolic OH excluding ortho intramolecular Hbond substituents is 1. The van der Waals surface area contributed by atoms with Crippen LogP contribution in [0.1, 0.15) is 109 Å². The summed E-state index contributed by atoms with van der Waals surface area (Å²) in [4.78, 5) is 22.1. The highest BCUT2D eigenvalue weighted by atomic mass is 16.5. The zero-order chi connectivity index (χ0) is 28.2. The summed E-state index contributed by atoms with van der Waals surface area (Å²) in [6.07, 6.45) is 8.85. The van der Waals surface area contributed by atoms with Crippen molar-refractivity contribution >= 4 is 12.4 Å². The first-order valence-corrected chi connectivity index (χ1v) is 13.5. The maximum absolute atomic E-state index is 12.7. The third-order valence-corrected chi connectivity index (χ3v) is 4.78. The Labute approximate surface area is 220 Å². The summed E-state index contributed by atoms with van der Waals surface area (Å²) in [5.41, 5.74) is 1.04. The molecule has 36 heavy (non-hydrogen) atoms. The number of rotatable bonds is 15. The molecule has 0 saturated heterocycles. The highest BCUT2D eigenvalue weighted by Crippen LogP contribution is 2.25. The third kappa shape index (κ3) is 19.7. The number of benzene rings is 1. The molecule has 0 fully saturated rings. The summed E-state index contributed by atoms with van der Waals surface area (Å²) in [5.74, 6) is -0.588. The summed E-state index contributed by atoms with van der Waals surface area (Å²) in [6, 6.07) is 5.09. The van der Waals surface area contributed by atoms with Crippen LogP contribution >= 0.6 is 0 Å². The van der Waals surface area contributed by atoms with Gasteiger partial charge in [0.1, 0.15) is 17.4 Å². The van der Waals surface area contributed by atoms with E-state index in [-0.39, 0.29) is 11.3 Å². The number of hydrogen-bond donors (Lipinski definition) is 3. The van der Waals surface area contributed by atoms with E-state index in [2.05, 4.69) is 17.0 Å². The van der Waals surface area contributed by atoms with Gasteiger partial charge in [0, 0.05) is 19.9 Å². The van der Waals surface area contributed by atoms with Crippen LogP contribution in [0.2, 0.25) is 0 Å². The van der Waals surface area contributed by atoms with E-state index in [1.807, 2.05) is 53.7 Å². The quantitative estimate of drug-likeness (QED) is 0.139. The number of aliphatic hydroxyl groups is 1. The standard InChI is InChI=1S/C20H31NO4.C5H10O2.2C2H6/c1-4-6-9-15-10-7-12-18(23)19(15)20(24)25-17(11-8-13-21-3)14-16(22)5-2;1-2-3-4-7-5-6;2*1-2/h7-8,10,12-13,16-17,21-23H,4-6,9,11,14H2,1-3H3;5H,2-4H2,1H3;2*1-2H3/b13-8+;;;. The SMILES string of the molecule is CC.CC.CCCCOC=O.CCCCc1cccc(O)c1C(=O)OC(C/C=C/NC)CC(O)CC. The van der Waals surface area contributed by atoms with E-state index in [0.29, 0.717) is 32.3 Å². The van der Waals surface area contributed by atoms with Gasteiger partial charge in [0.25, 0.3) is 6.47 Å². The Kier molecular flexibility index (Phi) is 30.3. The van der Waals surface area contributed by atoms with Crippen LogP contribution < -0.4 is 5.32 Å². The molecule has 0 amide bonds. The normalized spacial score (nSPS) is 11.4. The molecule has 0 saturated carbocycles. The van der Waals surface area contributed by atoms with Crippen molar-refractivity contribution in [1.82, 2.24) is 5.32 Å². The van der Waals surface area contributed by atoms with E-state index in [9.17, 15) is 19.8 Å². The second kappa shape index (κ2) is 28.7. The molecular formula is C29H53NO6. The first-order chi connectivity index (χ1) is 17.4. The van der Waals surface area contributed by atoms with E-state index in [1.165, 1.54) is 6.07 Å². The van der Waals surface area contributed by atoms with Gasteiger partial charge >= 0.3 is 5.97 Å². The van der Waals surface area contributed by atoms with Crippen LogP contribution in [-0.2, 0) is 20.7 Å². The van der Waals surface area contributed by atoms with Crippen LogP contribution in [0.5, 0.6) is 5.75 Å². The fourth-order valence-electron chi connectivity index (χ4n) is 2.88. The third-order valence-electron chi connectivity index (χ3n) is 4.78. The molecular weight excluding hydrogens is 458 g/mol. The van der Waals surface area contributed by atoms with Crippen LogP contribution in [0, 0.1) is 0 Å². The Bertz CT molecular complexity index is 663. The Morgan fingerprint density at radius 1 is 1.08 bits per heavy atom. The van der Waals surface area contributed by atoms with Gasteiger partial charge in [-0.05, 0) is 43.5 Å². The number of esters is 1. The smallest absolute Gasteiger partial charge is 0.342 e. The predicted molar refractivity (Wildman–Crippen MR) is 149 cm³/mol. The maximum Gasteiger partial charge on any atom is 0.342 e. The molecule has 7 nitrogen and oxygen atoms in total. The number of ether oxygens (including phenoxy) is 2. The number of unbranched alkanes of at least 4 members (excludes halogenated alkanes) is 2. The molecule has 0 spiro atoms. The molecule has 210 valence electrons. The van der Waals surface area contributed by atoms with E-state index >= 15 is 0 Å². The highest BCUT2D eigenvalue weighted by molar-refractivity contribution is 5.94. The fourth-order valence-corrected chi connectivity index (χ4v) is 2.88. The molecule has 7 heteroatoms. The van der Waals surface area contributed by atoms with Gasteiger partial charge in [-0.1, -0.05) is 79.5 Å². The van der Waals surface area contributed by atoms with Crippen molar-refractivity contribution in [2.24, 2.45) is 0 Å². The number of carbonyl (C=O) groups is 2. The summed E-state index contributed by atoms with van der Waals surface area (Å²) >= 11 is 0. The predicted octanol–water partition coefficient (Wildman–Crippen LogP) is 6.56. The summed E-state index contributed by atoms with van der Waals surface area (Å²) in [7, 11) is 1.79. The second-order valence-corrected chi connectivity index (χ2v) is 7.49. The van der Waals surface area contributed by atoms with Gasteiger partial charge in [-0.25, -0.2) is 4.79 Å². The zero-order valence-electron chi connectivity index (χ0n) is 24.0. The fraction of sp³-hybridized carbons (Fsp3) is 0.655. The van der Waals surface area contributed by atoms with E-state index in [1.54, 1.807) is 19.3 Å². The highest BCUT2D eigenvalue weighted by Gasteiger charge is 2.22. The van der Waals surface area contributed by atoms with Crippen molar-refractivity contribution in [3.63, 3.8) is 0 Å². The first kappa shape index (κ1) is 38.0. The largest absolute Gasteiger partial charge is 0.507 e. The average Bonchev–Trinajstić information content (AvgIpc) is 2.90. The van der Waals surface area contributed by atoms with Crippen molar-refractivity contribution in [2.45, 2.75) is 112 Å². The average molecular weight is 512 g/mol. The lowest BCUT2D eigenvalue weighted by molar-refractivity contribution is -0.128. The Hall–Kier alpha value is -2.54. The number of hydrogen-bond acceptors (Lipinski definition) is 7. The number of nitrogens with one attached hydrogen (secondary N) is 1. The summed E-state index contributed by atoms with van der Waals surface area (Å²) < 4.78 is 10.0. The van der Waals surface area contributed by atoms with Crippen LogP contribution in [0.4, 0.5) is 0 Å². The maximum atomic E-state index is 12.7. The molecule has 0 aliphatic carbocycles. The molecule has 0 aliphatic heterocycles. The lowest BCUT2D eigenvalue weighted by Crippen LogP contribution is -2.24. The number of aliphatic hydroxyl groups excluding tert-OH is 1. The molecule has 1 rings (SSSR count). The minimum atomic E-state index is -0.532. The van der Waals surface area contributed by atoms with E-state index < -0.39 is 18.2 Å². The lowest BCUT2D eigenvalue weighted by atomic mass is 10.0. The minimum absolute atomic E-state index is 0.0563. The van der Waals surface area contributed by atoms with Crippen molar-refractivity contribution < 1.29 is 29.3 Å². The van der Waals surface area contributed by atoms with Crippen molar-refractivity contribution in [3.05, 3.63) is 41.6 Å². The Morgan fingerprint density at radius 2 is 1.72 bits per heavy atom. The Balaban J connectivity index is -0.000000838. The van der Waals surface area contributed by atoms with Crippen LogP contribution in [0.3, 0.4) is 0 Å². The Morgan fingerprint density at radius 3 is 2.25 bits per heavy atom. The van der Waals surface area contributed by atoms with Gasteiger partial charge in [0.2, 0.25) is 0 Å². The second-order valence-electron chi connectivity index (χ2n) is 7.49. The number of aromatic hydroxyl groups is 1. The molecule has 0 aliphatic rings. The van der Waals surface area contributed by atoms with Gasteiger partial charge in [-0.15, -0.1) is 0 Å². The van der Waals surface area contributed by atoms with Crippen LogP contribution in [0.25, 0.3) is 0 Å². The number of aryl methyl sites for hydroxylation is 1. The molecule has 0 radical (unpaired) electrons. The van der Waals surface area contributed by atoms with Crippen molar-refractivity contribution in [1.29, 1.82) is 0 Å². The van der Waals surface area contributed by atoms with Gasteiger partial charge in [-0.2, -0.15) is 0 Å². The van der Waals surface area contributed by atoms with Gasteiger partial charge in [-0.3, -0.25) is 4.79 Å². The molecule has 0 heterocycles. The van der Waals surface area contributed by atoms with E-state index in [4.69, 9.17) is 4.74 Å². The minimum Gasteiger partial charge on any atom is -0.507 e. The summed E-state index contributed by atoms with van der Waals surface area (Å²) in [6.45, 7) is 15.1. The van der Waals surface area contributed by atoms with Crippen LogP contribution in [0.15, 0.2) is 30.5 Å².